The zero-order chi connectivity index (χ0) is 7.44. The van der Waals surface area contributed by atoms with Crippen molar-refractivity contribution in [3.05, 3.63) is 0 Å². The fourth-order valence-electron chi connectivity index (χ4n) is 1.03. The molecule has 0 bridgehead atoms. The standard InChI is InChI=1S/C7H16O2/c1-5(2)7(9-4)6(3)8/h5-8H,1-4H3/t6?,7-/m1/s1. The van der Waals surface area contributed by atoms with Gasteiger partial charge in [-0.25, -0.2) is 0 Å². The molecule has 0 aromatic heterocycles. The van der Waals surface area contributed by atoms with E-state index in [-0.39, 0.29) is 12.2 Å². The Hall–Kier alpha value is -0.0800. The fourth-order valence-corrected chi connectivity index (χ4v) is 1.03. The molecule has 0 aliphatic heterocycles. The van der Waals surface area contributed by atoms with Gasteiger partial charge in [0.05, 0.1) is 12.2 Å². The Morgan fingerprint density at radius 1 is 1.22 bits per heavy atom. The third-order valence-electron chi connectivity index (χ3n) is 1.40. The molecule has 0 heterocycles. The van der Waals surface area contributed by atoms with Crippen molar-refractivity contribution >= 4 is 0 Å². The van der Waals surface area contributed by atoms with E-state index in [1.807, 2.05) is 13.8 Å². The third kappa shape index (κ3) is 2.82. The Bertz CT molecular complexity index is 61.3. The third-order valence-corrected chi connectivity index (χ3v) is 1.40. The van der Waals surface area contributed by atoms with Crippen LogP contribution >= 0.6 is 0 Å². The summed E-state index contributed by atoms with van der Waals surface area (Å²) < 4.78 is 5.02. The average Bonchev–Trinajstić information content (AvgIpc) is 1.64. The minimum Gasteiger partial charge on any atom is -0.391 e. The van der Waals surface area contributed by atoms with Crippen LogP contribution in [0, 0.1) is 5.92 Å². The lowest BCUT2D eigenvalue weighted by Gasteiger charge is -2.21. The van der Waals surface area contributed by atoms with E-state index in [0.717, 1.165) is 0 Å². The lowest BCUT2D eigenvalue weighted by molar-refractivity contribution is -0.0285. The molecule has 0 saturated carbocycles. The maximum Gasteiger partial charge on any atom is 0.0850 e. The van der Waals surface area contributed by atoms with Crippen LogP contribution in [0.1, 0.15) is 20.8 Å². The van der Waals surface area contributed by atoms with Gasteiger partial charge in [-0.1, -0.05) is 13.8 Å². The molecule has 1 N–H and O–H groups in total. The van der Waals surface area contributed by atoms with Crippen molar-refractivity contribution in [1.82, 2.24) is 0 Å². The molecule has 1 unspecified atom stereocenters. The van der Waals surface area contributed by atoms with Crippen LogP contribution in [-0.2, 0) is 4.74 Å². The molecule has 2 heteroatoms. The second kappa shape index (κ2) is 3.85. The second-order valence-electron chi connectivity index (χ2n) is 2.68. The summed E-state index contributed by atoms with van der Waals surface area (Å²) in [5.74, 6) is 0.384. The summed E-state index contributed by atoms with van der Waals surface area (Å²) in [6.45, 7) is 5.80. The first-order valence-electron chi connectivity index (χ1n) is 3.30. The number of hydrogen-bond acceptors (Lipinski definition) is 2. The number of ether oxygens (including phenoxy) is 1. The number of methoxy groups -OCH3 is 1. The molecule has 0 saturated heterocycles. The molecule has 0 amide bonds. The summed E-state index contributed by atoms with van der Waals surface area (Å²) >= 11 is 0. The van der Waals surface area contributed by atoms with Crippen LogP contribution in [0.25, 0.3) is 0 Å². The zero-order valence-electron chi connectivity index (χ0n) is 6.59. The largest absolute Gasteiger partial charge is 0.391 e. The van der Waals surface area contributed by atoms with Crippen LogP contribution in [0.3, 0.4) is 0 Å². The summed E-state index contributed by atoms with van der Waals surface area (Å²) in [5, 5.41) is 9.06. The minimum atomic E-state index is -0.366. The van der Waals surface area contributed by atoms with Gasteiger partial charge in [0.1, 0.15) is 0 Å². The van der Waals surface area contributed by atoms with Crippen LogP contribution in [0.2, 0.25) is 0 Å². The van der Waals surface area contributed by atoms with Crippen molar-refractivity contribution in [3.8, 4) is 0 Å². The predicted molar refractivity (Wildman–Crippen MR) is 37.3 cm³/mol. The van der Waals surface area contributed by atoms with Crippen molar-refractivity contribution in [3.63, 3.8) is 0 Å². The lowest BCUT2D eigenvalue weighted by atomic mass is 10.0. The predicted octanol–water partition coefficient (Wildman–Crippen LogP) is 1.04. The molecule has 0 aromatic rings. The van der Waals surface area contributed by atoms with E-state index in [0.29, 0.717) is 5.92 Å². The Morgan fingerprint density at radius 2 is 1.67 bits per heavy atom. The Labute approximate surface area is 56.8 Å². The number of aliphatic hydroxyl groups excluding tert-OH is 1. The maximum absolute atomic E-state index is 9.06. The molecule has 0 radical (unpaired) electrons. The molecule has 56 valence electrons. The van der Waals surface area contributed by atoms with Gasteiger partial charge in [-0.3, -0.25) is 0 Å². The van der Waals surface area contributed by atoms with E-state index in [9.17, 15) is 0 Å². The summed E-state index contributed by atoms with van der Waals surface area (Å²) in [7, 11) is 1.62. The molecule has 9 heavy (non-hydrogen) atoms. The van der Waals surface area contributed by atoms with Crippen LogP contribution in [-0.4, -0.2) is 24.4 Å². The van der Waals surface area contributed by atoms with Crippen LogP contribution in [0.4, 0.5) is 0 Å². The molecule has 2 nitrogen and oxygen atoms in total. The zero-order valence-corrected chi connectivity index (χ0v) is 6.59. The van der Waals surface area contributed by atoms with Crippen molar-refractivity contribution in [2.75, 3.05) is 7.11 Å². The van der Waals surface area contributed by atoms with E-state index in [1.54, 1.807) is 14.0 Å². The number of hydrogen-bond donors (Lipinski definition) is 1. The highest BCUT2D eigenvalue weighted by Crippen LogP contribution is 2.08. The van der Waals surface area contributed by atoms with Crippen LogP contribution in [0.5, 0.6) is 0 Å². The average molecular weight is 132 g/mol. The smallest absolute Gasteiger partial charge is 0.0850 e. The molecular weight excluding hydrogens is 116 g/mol. The molecular formula is C7H16O2. The molecule has 0 aliphatic rings. The van der Waals surface area contributed by atoms with Crippen molar-refractivity contribution in [2.45, 2.75) is 33.0 Å². The van der Waals surface area contributed by atoms with Gasteiger partial charge in [-0.15, -0.1) is 0 Å². The van der Waals surface area contributed by atoms with Crippen molar-refractivity contribution in [1.29, 1.82) is 0 Å². The van der Waals surface area contributed by atoms with E-state index in [4.69, 9.17) is 9.84 Å². The topological polar surface area (TPSA) is 29.5 Å². The molecule has 0 aliphatic carbocycles. The van der Waals surface area contributed by atoms with Gasteiger partial charge in [0.15, 0.2) is 0 Å². The number of rotatable bonds is 3. The molecule has 0 aromatic carbocycles. The fraction of sp³-hybridized carbons (Fsp3) is 1.00. The number of aliphatic hydroxyl groups is 1. The van der Waals surface area contributed by atoms with Gasteiger partial charge in [-0.2, -0.15) is 0 Å². The highest BCUT2D eigenvalue weighted by molar-refractivity contribution is 4.66. The SMILES string of the molecule is CO[C@H](C(C)C)C(C)O. The van der Waals surface area contributed by atoms with E-state index >= 15 is 0 Å². The van der Waals surface area contributed by atoms with Crippen LogP contribution < -0.4 is 0 Å². The van der Waals surface area contributed by atoms with Gasteiger partial charge < -0.3 is 9.84 Å². The lowest BCUT2D eigenvalue weighted by Crippen LogP contribution is -2.30. The molecule has 0 spiro atoms. The Balaban J connectivity index is 3.68. The highest BCUT2D eigenvalue weighted by atomic mass is 16.5. The Morgan fingerprint density at radius 3 is 1.67 bits per heavy atom. The first-order valence-corrected chi connectivity index (χ1v) is 3.30. The summed E-state index contributed by atoms with van der Waals surface area (Å²) in [6.07, 6.45) is -0.389. The van der Waals surface area contributed by atoms with E-state index in [2.05, 4.69) is 0 Å². The van der Waals surface area contributed by atoms with Gasteiger partial charge in [-0.05, 0) is 12.8 Å². The molecule has 2 atom stereocenters. The van der Waals surface area contributed by atoms with Gasteiger partial charge in [0.2, 0.25) is 0 Å². The first-order chi connectivity index (χ1) is 4.09. The summed E-state index contributed by atoms with van der Waals surface area (Å²) in [4.78, 5) is 0. The highest BCUT2D eigenvalue weighted by Gasteiger charge is 2.16. The molecule has 0 fully saturated rings. The monoisotopic (exact) mass is 132 g/mol. The van der Waals surface area contributed by atoms with Crippen LogP contribution in [0.15, 0.2) is 0 Å². The van der Waals surface area contributed by atoms with Crippen molar-refractivity contribution < 1.29 is 9.84 Å². The quantitative estimate of drug-likeness (QED) is 0.621. The Kier molecular flexibility index (Phi) is 3.82. The summed E-state index contributed by atoms with van der Waals surface area (Å²) in [5.41, 5.74) is 0. The second-order valence-corrected chi connectivity index (χ2v) is 2.68. The van der Waals surface area contributed by atoms with Gasteiger partial charge in [0, 0.05) is 7.11 Å². The molecule has 0 rings (SSSR count). The maximum atomic E-state index is 9.06. The summed E-state index contributed by atoms with van der Waals surface area (Å²) in [6, 6.07) is 0. The first kappa shape index (κ1) is 8.92. The minimum absolute atomic E-state index is 0.0231. The van der Waals surface area contributed by atoms with Crippen molar-refractivity contribution in [2.24, 2.45) is 5.92 Å². The van der Waals surface area contributed by atoms with E-state index < -0.39 is 0 Å². The normalized spacial score (nSPS) is 18.0. The van der Waals surface area contributed by atoms with Gasteiger partial charge in [0.25, 0.3) is 0 Å². The van der Waals surface area contributed by atoms with Gasteiger partial charge >= 0.3 is 0 Å². The van der Waals surface area contributed by atoms with E-state index in [1.165, 1.54) is 0 Å².